The lowest BCUT2D eigenvalue weighted by Gasteiger charge is -2.21. The standard InChI is InChI=1S/C24H25N3O3/c1-3-27-24(29)21(23(28)26-15-14-19(16-26)30-2)20(17-10-6-4-7-11-17)22(25-27)18-12-8-5-9-13-18/h4-13,19H,3,14-16H2,1-2H3. The van der Waals surface area contributed by atoms with Gasteiger partial charge in [-0.1, -0.05) is 60.7 Å². The highest BCUT2D eigenvalue weighted by molar-refractivity contribution is 6.03. The van der Waals surface area contributed by atoms with Crippen molar-refractivity contribution in [3.63, 3.8) is 0 Å². The zero-order valence-electron chi connectivity index (χ0n) is 17.2. The predicted octanol–water partition coefficient (Wildman–Crippen LogP) is 3.46. The second-order valence-corrected chi connectivity index (χ2v) is 7.35. The molecule has 2 heterocycles. The molecule has 1 aliphatic rings. The Hall–Kier alpha value is -3.25. The van der Waals surface area contributed by atoms with E-state index in [1.165, 1.54) is 4.68 Å². The van der Waals surface area contributed by atoms with Crippen molar-refractivity contribution >= 4 is 5.91 Å². The topological polar surface area (TPSA) is 64.4 Å². The summed E-state index contributed by atoms with van der Waals surface area (Å²) in [5, 5.41) is 4.65. The van der Waals surface area contributed by atoms with Crippen LogP contribution in [0.4, 0.5) is 0 Å². The van der Waals surface area contributed by atoms with E-state index in [1.54, 1.807) is 12.0 Å². The number of aryl methyl sites for hydroxylation is 1. The molecule has 6 heteroatoms. The van der Waals surface area contributed by atoms with Crippen molar-refractivity contribution in [2.75, 3.05) is 20.2 Å². The number of benzene rings is 2. The molecule has 1 aromatic heterocycles. The largest absolute Gasteiger partial charge is 0.380 e. The van der Waals surface area contributed by atoms with E-state index in [0.717, 1.165) is 17.5 Å². The van der Waals surface area contributed by atoms with Crippen LogP contribution in [0, 0.1) is 0 Å². The minimum atomic E-state index is -0.359. The van der Waals surface area contributed by atoms with E-state index >= 15 is 0 Å². The summed E-state index contributed by atoms with van der Waals surface area (Å²) in [7, 11) is 1.65. The molecule has 0 bridgehead atoms. The molecular formula is C24H25N3O3. The van der Waals surface area contributed by atoms with Crippen LogP contribution >= 0.6 is 0 Å². The lowest BCUT2D eigenvalue weighted by atomic mass is 9.95. The summed E-state index contributed by atoms with van der Waals surface area (Å²) in [5.74, 6) is -0.264. The molecule has 0 aliphatic carbocycles. The van der Waals surface area contributed by atoms with Gasteiger partial charge >= 0.3 is 0 Å². The van der Waals surface area contributed by atoms with Crippen molar-refractivity contribution in [1.29, 1.82) is 0 Å². The molecule has 1 amide bonds. The van der Waals surface area contributed by atoms with Crippen LogP contribution in [-0.2, 0) is 11.3 Å². The molecule has 1 aliphatic heterocycles. The lowest BCUT2D eigenvalue weighted by molar-refractivity contribution is 0.0722. The summed E-state index contributed by atoms with van der Waals surface area (Å²) in [5.41, 5.74) is 2.70. The zero-order chi connectivity index (χ0) is 21.1. The number of carbonyl (C=O) groups excluding carboxylic acids is 1. The number of likely N-dealkylation sites (tertiary alicyclic amines) is 1. The first-order valence-corrected chi connectivity index (χ1v) is 10.2. The van der Waals surface area contributed by atoms with Crippen molar-refractivity contribution in [1.82, 2.24) is 14.7 Å². The summed E-state index contributed by atoms with van der Waals surface area (Å²) in [4.78, 5) is 28.7. The summed E-state index contributed by atoms with van der Waals surface area (Å²) >= 11 is 0. The third kappa shape index (κ3) is 3.66. The Morgan fingerprint density at radius 3 is 2.27 bits per heavy atom. The molecule has 0 spiro atoms. The predicted molar refractivity (Wildman–Crippen MR) is 116 cm³/mol. The Morgan fingerprint density at radius 2 is 1.70 bits per heavy atom. The number of ether oxygens (including phenoxy) is 1. The molecule has 154 valence electrons. The van der Waals surface area contributed by atoms with Gasteiger partial charge in [0.25, 0.3) is 11.5 Å². The van der Waals surface area contributed by atoms with Crippen LogP contribution in [0.25, 0.3) is 22.4 Å². The molecule has 0 radical (unpaired) electrons. The van der Waals surface area contributed by atoms with Gasteiger partial charge in [0.05, 0.1) is 11.8 Å². The van der Waals surface area contributed by atoms with Crippen molar-refractivity contribution in [3.05, 3.63) is 76.6 Å². The average molecular weight is 403 g/mol. The van der Waals surface area contributed by atoms with E-state index in [0.29, 0.717) is 30.9 Å². The Kier molecular flexibility index (Phi) is 5.77. The molecule has 0 saturated carbocycles. The van der Waals surface area contributed by atoms with Crippen LogP contribution in [0.15, 0.2) is 65.5 Å². The molecule has 3 aromatic rings. The van der Waals surface area contributed by atoms with Crippen LogP contribution in [-0.4, -0.2) is 46.9 Å². The van der Waals surface area contributed by atoms with Gasteiger partial charge < -0.3 is 9.64 Å². The van der Waals surface area contributed by atoms with Crippen molar-refractivity contribution < 1.29 is 9.53 Å². The van der Waals surface area contributed by atoms with Crippen LogP contribution < -0.4 is 5.56 Å². The van der Waals surface area contributed by atoms with Gasteiger partial charge in [0, 0.05) is 37.9 Å². The van der Waals surface area contributed by atoms with Gasteiger partial charge in [0.2, 0.25) is 0 Å². The molecule has 6 nitrogen and oxygen atoms in total. The summed E-state index contributed by atoms with van der Waals surface area (Å²) in [6, 6.07) is 19.2. The second-order valence-electron chi connectivity index (χ2n) is 7.35. The lowest BCUT2D eigenvalue weighted by Crippen LogP contribution is -2.38. The summed E-state index contributed by atoms with van der Waals surface area (Å²) < 4.78 is 6.80. The van der Waals surface area contributed by atoms with E-state index in [4.69, 9.17) is 4.74 Å². The van der Waals surface area contributed by atoms with Crippen LogP contribution in [0.3, 0.4) is 0 Å². The second kappa shape index (κ2) is 8.63. The molecule has 2 aromatic carbocycles. The highest BCUT2D eigenvalue weighted by Gasteiger charge is 2.32. The molecule has 1 fully saturated rings. The first-order valence-electron chi connectivity index (χ1n) is 10.2. The fraction of sp³-hybridized carbons (Fsp3) is 0.292. The van der Waals surface area contributed by atoms with Crippen molar-refractivity contribution in [2.24, 2.45) is 0 Å². The number of hydrogen-bond acceptors (Lipinski definition) is 4. The highest BCUT2D eigenvalue weighted by atomic mass is 16.5. The smallest absolute Gasteiger partial charge is 0.280 e. The van der Waals surface area contributed by atoms with Gasteiger partial charge in [0.15, 0.2) is 0 Å². The molecule has 4 rings (SSSR count). The maximum absolute atomic E-state index is 13.6. The van der Waals surface area contributed by atoms with Gasteiger partial charge in [0.1, 0.15) is 5.56 Å². The van der Waals surface area contributed by atoms with Crippen LogP contribution in [0.2, 0.25) is 0 Å². The molecular weight excluding hydrogens is 378 g/mol. The van der Waals surface area contributed by atoms with Gasteiger partial charge in [-0.2, -0.15) is 5.10 Å². The molecule has 0 N–H and O–H groups in total. The van der Waals surface area contributed by atoms with Crippen LogP contribution in [0.1, 0.15) is 23.7 Å². The van der Waals surface area contributed by atoms with E-state index in [9.17, 15) is 9.59 Å². The van der Waals surface area contributed by atoms with Crippen molar-refractivity contribution in [2.45, 2.75) is 26.0 Å². The Morgan fingerprint density at radius 1 is 1.07 bits per heavy atom. The summed E-state index contributed by atoms with van der Waals surface area (Å²) in [6.45, 7) is 3.30. The first-order chi connectivity index (χ1) is 14.6. The Labute approximate surface area is 175 Å². The van der Waals surface area contributed by atoms with E-state index < -0.39 is 0 Å². The number of hydrogen-bond donors (Lipinski definition) is 0. The van der Waals surface area contributed by atoms with Gasteiger partial charge in [-0.15, -0.1) is 0 Å². The highest BCUT2D eigenvalue weighted by Crippen LogP contribution is 2.33. The Bertz CT molecular complexity index is 1090. The van der Waals surface area contributed by atoms with Crippen molar-refractivity contribution in [3.8, 4) is 22.4 Å². The fourth-order valence-corrected chi connectivity index (χ4v) is 3.93. The minimum absolute atomic E-state index is 0.00189. The first kappa shape index (κ1) is 20.0. The third-order valence-electron chi connectivity index (χ3n) is 5.54. The normalized spacial score (nSPS) is 16.1. The number of aromatic nitrogens is 2. The zero-order valence-corrected chi connectivity index (χ0v) is 17.2. The Balaban J connectivity index is 1.98. The average Bonchev–Trinajstić information content (AvgIpc) is 3.29. The maximum atomic E-state index is 13.6. The number of rotatable bonds is 5. The molecule has 1 saturated heterocycles. The molecule has 1 unspecified atom stereocenters. The molecule has 1 atom stereocenters. The number of methoxy groups -OCH3 is 1. The van der Waals surface area contributed by atoms with Gasteiger partial charge in [-0.05, 0) is 18.9 Å². The fourth-order valence-electron chi connectivity index (χ4n) is 3.93. The monoisotopic (exact) mass is 403 g/mol. The van der Waals surface area contributed by atoms with Gasteiger partial charge in [-0.3, -0.25) is 9.59 Å². The van der Waals surface area contributed by atoms with E-state index in [-0.39, 0.29) is 23.1 Å². The third-order valence-corrected chi connectivity index (χ3v) is 5.54. The molecule has 30 heavy (non-hydrogen) atoms. The number of carbonyl (C=O) groups is 1. The number of amides is 1. The SMILES string of the molecule is CCn1nc(-c2ccccc2)c(-c2ccccc2)c(C(=O)N2CCC(OC)C2)c1=O. The maximum Gasteiger partial charge on any atom is 0.280 e. The summed E-state index contributed by atoms with van der Waals surface area (Å²) in [6.07, 6.45) is 0.763. The van der Waals surface area contributed by atoms with E-state index in [1.807, 2.05) is 67.6 Å². The quantitative estimate of drug-likeness (QED) is 0.655. The number of nitrogens with zero attached hydrogens (tertiary/aromatic N) is 3. The minimum Gasteiger partial charge on any atom is -0.380 e. The van der Waals surface area contributed by atoms with Gasteiger partial charge in [-0.25, -0.2) is 4.68 Å². The van der Waals surface area contributed by atoms with E-state index in [2.05, 4.69) is 5.10 Å². The van der Waals surface area contributed by atoms with Crippen LogP contribution in [0.5, 0.6) is 0 Å².